The van der Waals surface area contributed by atoms with E-state index < -0.39 is 10.0 Å². The molecule has 1 aliphatic carbocycles. The molecule has 0 spiro atoms. The van der Waals surface area contributed by atoms with Gasteiger partial charge in [0.1, 0.15) is 0 Å². The average Bonchev–Trinajstić information content (AvgIpc) is 2.93. The maximum absolute atomic E-state index is 11.6. The molecule has 2 N–H and O–H groups in total. The molecule has 2 fully saturated rings. The van der Waals surface area contributed by atoms with Gasteiger partial charge < -0.3 is 10.2 Å². The standard InChI is InChI=1S/C11H23N3O2S/c15-17(16,10-6-12-11-3-4-11)13-5-9-14-7-1-2-8-14/h11-13H,1-10H2. The first-order valence-electron chi connectivity index (χ1n) is 6.59. The van der Waals surface area contributed by atoms with E-state index in [0.717, 1.165) is 19.6 Å². The molecule has 0 aromatic heterocycles. The van der Waals surface area contributed by atoms with Crippen LogP contribution in [0.1, 0.15) is 25.7 Å². The molecule has 6 heteroatoms. The molecule has 5 nitrogen and oxygen atoms in total. The van der Waals surface area contributed by atoms with Crippen LogP contribution in [0.5, 0.6) is 0 Å². The summed E-state index contributed by atoms with van der Waals surface area (Å²) in [6.45, 7) is 4.20. The molecular weight excluding hydrogens is 238 g/mol. The highest BCUT2D eigenvalue weighted by molar-refractivity contribution is 7.89. The zero-order valence-electron chi connectivity index (χ0n) is 10.3. The molecule has 100 valence electrons. The van der Waals surface area contributed by atoms with Gasteiger partial charge in [-0.3, -0.25) is 0 Å². The summed E-state index contributed by atoms with van der Waals surface area (Å²) in [4.78, 5) is 2.31. The van der Waals surface area contributed by atoms with Gasteiger partial charge in [0, 0.05) is 25.7 Å². The Labute approximate surface area is 104 Å². The summed E-state index contributed by atoms with van der Waals surface area (Å²) < 4.78 is 25.9. The van der Waals surface area contributed by atoms with Crippen LogP contribution in [0.3, 0.4) is 0 Å². The lowest BCUT2D eigenvalue weighted by Crippen LogP contribution is -2.37. The van der Waals surface area contributed by atoms with Crippen LogP contribution in [0.25, 0.3) is 0 Å². The second kappa shape index (κ2) is 6.13. The van der Waals surface area contributed by atoms with E-state index in [-0.39, 0.29) is 5.75 Å². The summed E-state index contributed by atoms with van der Waals surface area (Å²) in [5.74, 6) is 0.198. The number of nitrogens with one attached hydrogen (secondary N) is 2. The zero-order chi connectivity index (χ0) is 12.1. The second-order valence-electron chi connectivity index (χ2n) is 4.99. The Morgan fingerprint density at radius 3 is 2.47 bits per heavy atom. The van der Waals surface area contributed by atoms with Gasteiger partial charge in [-0.15, -0.1) is 0 Å². The lowest BCUT2D eigenvalue weighted by atomic mass is 10.4. The highest BCUT2D eigenvalue weighted by Gasteiger charge is 2.21. The van der Waals surface area contributed by atoms with Gasteiger partial charge in [0.05, 0.1) is 5.75 Å². The molecule has 0 bridgehead atoms. The number of hydrogen-bond acceptors (Lipinski definition) is 4. The maximum atomic E-state index is 11.6. The number of likely N-dealkylation sites (tertiary alicyclic amines) is 1. The number of rotatable bonds is 8. The fourth-order valence-electron chi connectivity index (χ4n) is 2.12. The fourth-order valence-corrected chi connectivity index (χ4v) is 3.06. The third kappa shape index (κ3) is 5.33. The van der Waals surface area contributed by atoms with Gasteiger partial charge in [-0.1, -0.05) is 0 Å². The van der Waals surface area contributed by atoms with Crippen molar-refractivity contribution < 1.29 is 8.42 Å². The van der Waals surface area contributed by atoms with Crippen LogP contribution in [-0.2, 0) is 10.0 Å². The van der Waals surface area contributed by atoms with Crippen molar-refractivity contribution in [2.75, 3.05) is 38.5 Å². The van der Waals surface area contributed by atoms with Gasteiger partial charge in [0.2, 0.25) is 10.0 Å². The molecule has 2 rings (SSSR count). The van der Waals surface area contributed by atoms with Crippen LogP contribution >= 0.6 is 0 Å². The Kier molecular flexibility index (Phi) is 4.78. The van der Waals surface area contributed by atoms with Gasteiger partial charge >= 0.3 is 0 Å². The normalized spacial score (nSPS) is 22.1. The zero-order valence-corrected chi connectivity index (χ0v) is 11.1. The van der Waals surface area contributed by atoms with Gasteiger partial charge in [-0.25, -0.2) is 13.1 Å². The number of nitrogens with zero attached hydrogens (tertiary/aromatic N) is 1. The highest BCUT2D eigenvalue weighted by Crippen LogP contribution is 2.17. The average molecular weight is 261 g/mol. The van der Waals surface area contributed by atoms with Crippen molar-refractivity contribution in [3.8, 4) is 0 Å². The smallest absolute Gasteiger partial charge is 0.212 e. The Morgan fingerprint density at radius 1 is 1.12 bits per heavy atom. The third-order valence-corrected chi connectivity index (χ3v) is 4.72. The van der Waals surface area contributed by atoms with Crippen LogP contribution in [0.15, 0.2) is 0 Å². The van der Waals surface area contributed by atoms with Crippen LogP contribution in [0, 0.1) is 0 Å². The Balaban J connectivity index is 1.55. The van der Waals surface area contributed by atoms with Crippen LogP contribution in [0.2, 0.25) is 0 Å². The lowest BCUT2D eigenvalue weighted by Gasteiger charge is -2.14. The minimum atomic E-state index is -3.08. The molecule has 0 atom stereocenters. The first kappa shape index (κ1) is 13.3. The topological polar surface area (TPSA) is 61.4 Å². The van der Waals surface area contributed by atoms with E-state index in [4.69, 9.17) is 0 Å². The maximum Gasteiger partial charge on any atom is 0.212 e. The Hall–Kier alpha value is -0.170. The minimum Gasteiger partial charge on any atom is -0.313 e. The molecule has 1 saturated carbocycles. The third-order valence-electron chi connectivity index (χ3n) is 3.33. The monoisotopic (exact) mass is 261 g/mol. The van der Waals surface area contributed by atoms with Crippen molar-refractivity contribution >= 4 is 10.0 Å². The number of sulfonamides is 1. The summed E-state index contributed by atoms with van der Waals surface area (Å²) in [7, 11) is -3.08. The molecule has 0 aromatic carbocycles. The van der Waals surface area contributed by atoms with Crippen molar-refractivity contribution in [2.24, 2.45) is 0 Å². The lowest BCUT2D eigenvalue weighted by molar-refractivity contribution is 0.344. The van der Waals surface area contributed by atoms with Crippen molar-refractivity contribution in [1.29, 1.82) is 0 Å². The van der Waals surface area contributed by atoms with E-state index in [2.05, 4.69) is 14.9 Å². The first-order chi connectivity index (χ1) is 8.16. The summed E-state index contributed by atoms with van der Waals surface area (Å²) >= 11 is 0. The van der Waals surface area contributed by atoms with E-state index >= 15 is 0 Å². The summed E-state index contributed by atoms with van der Waals surface area (Å²) in [6, 6.07) is 0.579. The van der Waals surface area contributed by atoms with Crippen LogP contribution in [0.4, 0.5) is 0 Å². The van der Waals surface area contributed by atoms with Crippen molar-refractivity contribution in [2.45, 2.75) is 31.7 Å². The van der Waals surface area contributed by atoms with E-state index in [9.17, 15) is 8.42 Å². The largest absolute Gasteiger partial charge is 0.313 e. The van der Waals surface area contributed by atoms with Crippen molar-refractivity contribution in [1.82, 2.24) is 14.9 Å². The second-order valence-corrected chi connectivity index (χ2v) is 6.92. The molecule has 0 radical (unpaired) electrons. The van der Waals surface area contributed by atoms with Gasteiger partial charge in [-0.2, -0.15) is 0 Å². The Bertz CT molecular complexity index is 322. The van der Waals surface area contributed by atoms with Crippen molar-refractivity contribution in [3.63, 3.8) is 0 Å². The molecular formula is C11H23N3O2S. The Morgan fingerprint density at radius 2 is 1.82 bits per heavy atom. The van der Waals surface area contributed by atoms with E-state index in [0.29, 0.717) is 19.1 Å². The minimum absolute atomic E-state index is 0.198. The number of hydrogen-bond donors (Lipinski definition) is 2. The van der Waals surface area contributed by atoms with E-state index in [1.165, 1.54) is 25.7 Å². The van der Waals surface area contributed by atoms with Gasteiger partial charge in [0.15, 0.2) is 0 Å². The summed E-state index contributed by atoms with van der Waals surface area (Å²) in [5, 5.41) is 3.21. The molecule has 2 aliphatic rings. The van der Waals surface area contributed by atoms with E-state index in [1.54, 1.807) is 0 Å². The molecule has 1 saturated heterocycles. The predicted molar refractivity (Wildman–Crippen MR) is 68.5 cm³/mol. The van der Waals surface area contributed by atoms with Crippen molar-refractivity contribution in [3.05, 3.63) is 0 Å². The molecule has 1 aliphatic heterocycles. The molecule has 1 heterocycles. The van der Waals surface area contributed by atoms with Crippen LogP contribution < -0.4 is 10.0 Å². The molecule has 0 aromatic rings. The summed E-state index contributed by atoms with van der Waals surface area (Å²) in [5.41, 5.74) is 0. The first-order valence-corrected chi connectivity index (χ1v) is 8.24. The van der Waals surface area contributed by atoms with Gasteiger partial charge in [0.25, 0.3) is 0 Å². The molecule has 0 unspecified atom stereocenters. The fraction of sp³-hybridized carbons (Fsp3) is 1.00. The summed E-state index contributed by atoms with van der Waals surface area (Å²) in [6.07, 6.45) is 4.89. The van der Waals surface area contributed by atoms with Crippen LogP contribution in [-0.4, -0.2) is 57.8 Å². The van der Waals surface area contributed by atoms with Gasteiger partial charge in [-0.05, 0) is 38.8 Å². The molecule has 0 amide bonds. The van der Waals surface area contributed by atoms with E-state index in [1.807, 2.05) is 0 Å². The SMILES string of the molecule is O=S(=O)(CCNC1CC1)NCCN1CCCC1. The quantitative estimate of drug-likeness (QED) is 0.633. The highest BCUT2D eigenvalue weighted by atomic mass is 32.2. The molecule has 17 heavy (non-hydrogen) atoms. The predicted octanol–water partition coefficient (Wildman–Crippen LogP) is -0.246.